The number of hydrogen-bond donors (Lipinski definition) is 2. The van der Waals surface area contributed by atoms with Crippen LogP contribution in [0.1, 0.15) is 36.5 Å². The Bertz CT molecular complexity index is 698. The summed E-state index contributed by atoms with van der Waals surface area (Å²) in [6, 6.07) is 7.89. The summed E-state index contributed by atoms with van der Waals surface area (Å²) >= 11 is 1.57. The molecule has 2 heterocycles. The molecule has 4 nitrogen and oxygen atoms in total. The predicted molar refractivity (Wildman–Crippen MR) is 92.8 cm³/mol. The predicted octanol–water partition coefficient (Wildman–Crippen LogP) is 2.89. The van der Waals surface area contributed by atoms with E-state index in [0.717, 1.165) is 22.9 Å². The van der Waals surface area contributed by atoms with Gasteiger partial charge in [-0.3, -0.25) is 4.79 Å². The summed E-state index contributed by atoms with van der Waals surface area (Å²) < 4.78 is 1.10. The van der Waals surface area contributed by atoms with Gasteiger partial charge in [-0.15, -0.1) is 11.3 Å². The van der Waals surface area contributed by atoms with Crippen LogP contribution < -0.4 is 0 Å². The summed E-state index contributed by atoms with van der Waals surface area (Å²) in [5.41, 5.74) is 0.257. The van der Waals surface area contributed by atoms with E-state index < -0.39 is 11.5 Å². The molecule has 0 bridgehead atoms. The minimum absolute atomic E-state index is 0.0224. The van der Waals surface area contributed by atoms with Gasteiger partial charge in [0.05, 0.1) is 18.3 Å². The van der Waals surface area contributed by atoms with E-state index in [1.54, 1.807) is 16.2 Å². The second-order valence-electron chi connectivity index (χ2n) is 6.43. The number of piperidine rings is 1. The number of hydrogen-bond acceptors (Lipinski definition) is 4. The third-order valence-corrected chi connectivity index (χ3v) is 6.00. The van der Waals surface area contributed by atoms with Crippen LogP contribution in [0.4, 0.5) is 0 Å². The van der Waals surface area contributed by atoms with Crippen LogP contribution in [0, 0.1) is 5.41 Å². The number of β-amino-alcohol motifs (C(OH)–C–C–N with tert-alkyl or cyclic N) is 1. The van der Waals surface area contributed by atoms with E-state index in [2.05, 4.69) is 6.92 Å². The molecule has 2 aromatic rings. The Morgan fingerprint density at radius 2 is 2.22 bits per heavy atom. The monoisotopic (exact) mass is 333 g/mol. The van der Waals surface area contributed by atoms with Gasteiger partial charge in [-0.25, -0.2) is 0 Å². The smallest absolute Gasteiger partial charge is 0.255 e. The normalized spacial score (nSPS) is 25.0. The molecule has 2 atom stereocenters. The van der Waals surface area contributed by atoms with Crippen LogP contribution in [0.5, 0.6) is 0 Å². The Hall–Kier alpha value is -1.43. The molecule has 1 aromatic carbocycles. The van der Waals surface area contributed by atoms with E-state index in [0.29, 0.717) is 25.1 Å². The highest BCUT2D eigenvalue weighted by Crippen LogP contribution is 2.37. The Morgan fingerprint density at radius 3 is 2.91 bits per heavy atom. The van der Waals surface area contributed by atoms with Crippen molar-refractivity contribution in [2.45, 2.75) is 32.3 Å². The molecule has 0 radical (unpaired) electrons. The summed E-state index contributed by atoms with van der Waals surface area (Å²) in [5, 5.41) is 23.1. The lowest BCUT2D eigenvalue weighted by molar-refractivity contribution is -0.0713. The van der Waals surface area contributed by atoms with E-state index in [-0.39, 0.29) is 12.5 Å². The third-order valence-electron chi connectivity index (χ3n) is 5.04. The first-order valence-corrected chi connectivity index (χ1v) is 9.03. The van der Waals surface area contributed by atoms with E-state index in [1.807, 2.05) is 29.6 Å². The van der Waals surface area contributed by atoms with Gasteiger partial charge in [-0.1, -0.05) is 31.5 Å². The summed E-state index contributed by atoms with van der Waals surface area (Å²) in [5.74, 6) is -0.0236. The molecule has 0 unspecified atom stereocenters. The quantitative estimate of drug-likeness (QED) is 0.904. The second kappa shape index (κ2) is 6.59. The van der Waals surface area contributed by atoms with Crippen LogP contribution in [-0.2, 0) is 0 Å². The molecular weight excluding hydrogens is 310 g/mol. The fourth-order valence-corrected chi connectivity index (χ4v) is 4.50. The second-order valence-corrected chi connectivity index (χ2v) is 7.34. The Labute approximate surface area is 140 Å². The Balaban J connectivity index is 1.80. The standard InChI is InChI=1S/C18H23NO3S/c1-2-7-18(12-20)8-9-19(10-16(18)21)17(22)14-11-23-15-6-4-3-5-13(14)15/h3-6,11,16,20-21H,2,7-10,12H2,1H3/t16-,18-/m1/s1. The number of carbonyl (C=O) groups excluding carboxylic acids is 1. The van der Waals surface area contributed by atoms with Crippen molar-refractivity contribution < 1.29 is 15.0 Å². The van der Waals surface area contributed by atoms with Crippen molar-refractivity contribution in [1.29, 1.82) is 0 Å². The number of aliphatic hydroxyl groups excluding tert-OH is 2. The highest BCUT2D eigenvalue weighted by molar-refractivity contribution is 7.17. The molecule has 0 saturated carbocycles. The van der Waals surface area contributed by atoms with Crippen molar-refractivity contribution in [3.63, 3.8) is 0 Å². The van der Waals surface area contributed by atoms with Gasteiger partial charge >= 0.3 is 0 Å². The zero-order valence-electron chi connectivity index (χ0n) is 13.4. The van der Waals surface area contributed by atoms with Crippen molar-refractivity contribution in [2.24, 2.45) is 5.41 Å². The van der Waals surface area contributed by atoms with Gasteiger partial charge in [-0.05, 0) is 18.9 Å². The molecule has 1 aromatic heterocycles. The highest BCUT2D eigenvalue weighted by Gasteiger charge is 2.42. The van der Waals surface area contributed by atoms with Crippen molar-refractivity contribution in [3.8, 4) is 0 Å². The van der Waals surface area contributed by atoms with E-state index in [4.69, 9.17) is 0 Å². The third kappa shape index (κ3) is 2.89. The first-order valence-electron chi connectivity index (χ1n) is 8.16. The minimum Gasteiger partial charge on any atom is -0.396 e. The van der Waals surface area contributed by atoms with Crippen molar-refractivity contribution >= 4 is 27.3 Å². The van der Waals surface area contributed by atoms with Gasteiger partial charge < -0.3 is 15.1 Å². The molecule has 2 N–H and O–H groups in total. The molecule has 3 rings (SSSR count). The lowest BCUT2D eigenvalue weighted by Crippen LogP contribution is -2.54. The van der Waals surface area contributed by atoms with Crippen LogP contribution in [0.15, 0.2) is 29.6 Å². The Morgan fingerprint density at radius 1 is 1.43 bits per heavy atom. The van der Waals surface area contributed by atoms with E-state index >= 15 is 0 Å². The number of aliphatic hydroxyl groups is 2. The molecule has 1 amide bonds. The topological polar surface area (TPSA) is 60.8 Å². The zero-order valence-corrected chi connectivity index (χ0v) is 14.2. The average molecular weight is 333 g/mol. The number of benzene rings is 1. The van der Waals surface area contributed by atoms with Crippen molar-refractivity contribution in [2.75, 3.05) is 19.7 Å². The van der Waals surface area contributed by atoms with Crippen LogP contribution in [0.3, 0.4) is 0 Å². The molecule has 124 valence electrons. The van der Waals surface area contributed by atoms with Gasteiger partial charge in [0.25, 0.3) is 5.91 Å². The Kier molecular flexibility index (Phi) is 4.71. The summed E-state index contributed by atoms with van der Waals surface area (Å²) in [6.07, 6.45) is 1.68. The fraction of sp³-hybridized carbons (Fsp3) is 0.500. The molecule has 1 aliphatic heterocycles. The number of amides is 1. The van der Waals surface area contributed by atoms with Crippen molar-refractivity contribution in [1.82, 2.24) is 4.90 Å². The van der Waals surface area contributed by atoms with Crippen LogP contribution in [-0.4, -0.2) is 46.8 Å². The number of carbonyl (C=O) groups is 1. The molecular formula is C18H23NO3S. The molecule has 23 heavy (non-hydrogen) atoms. The summed E-state index contributed by atoms with van der Waals surface area (Å²) in [6.45, 7) is 2.91. The zero-order chi connectivity index (χ0) is 16.4. The summed E-state index contributed by atoms with van der Waals surface area (Å²) in [4.78, 5) is 14.6. The number of likely N-dealkylation sites (tertiary alicyclic amines) is 1. The number of fused-ring (bicyclic) bond motifs is 1. The lowest BCUT2D eigenvalue weighted by atomic mass is 9.73. The molecule has 0 aliphatic carbocycles. The molecule has 1 aliphatic rings. The number of rotatable bonds is 4. The van der Waals surface area contributed by atoms with E-state index in [1.165, 1.54) is 0 Å². The van der Waals surface area contributed by atoms with Gasteiger partial charge in [0.2, 0.25) is 0 Å². The number of nitrogens with zero attached hydrogens (tertiary/aromatic N) is 1. The minimum atomic E-state index is -0.671. The SMILES string of the molecule is CCC[C@]1(CO)CCN(C(=O)c2csc3ccccc23)C[C@H]1O. The van der Waals surface area contributed by atoms with Gasteiger partial charge in [0.15, 0.2) is 0 Å². The maximum absolute atomic E-state index is 12.8. The first kappa shape index (κ1) is 16.4. The van der Waals surface area contributed by atoms with Crippen LogP contribution in [0.25, 0.3) is 10.1 Å². The van der Waals surface area contributed by atoms with Gasteiger partial charge in [0, 0.05) is 34.0 Å². The summed E-state index contributed by atoms with van der Waals surface area (Å²) in [7, 11) is 0. The fourth-order valence-electron chi connectivity index (χ4n) is 3.57. The average Bonchev–Trinajstić information content (AvgIpc) is 3.00. The number of thiophene rings is 1. The lowest BCUT2D eigenvalue weighted by Gasteiger charge is -2.44. The van der Waals surface area contributed by atoms with Crippen LogP contribution >= 0.6 is 11.3 Å². The van der Waals surface area contributed by atoms with Crippen LogP contribution in [0.2, 0.25) is 0 Å². The molecule has 1 fully saturated rings. The molecule has 0 spiro atoms. The van der Waals surface area contributed by atoms with Gasteiger partial charge in [-0.2, -0.15) is 0 Å². The molecule has 1 saturated heterocycles. The first-order chi connectivity index (χ1) is 11.1. The van der Waals surface area contributed by atoms with Crippen molar-refractivity contribution in [3.05, 3.63) is 35.2 Å². The van der Waals surface area contributed by atoms with E-state index in [9.17, 15) is 15.0 Å². The maximum atomic E-state index is 12.8. The highest BCUT2D eigenvalue weighted by atomic mass is 32.1. The largest absolute Gasteiger partial charge is 0.396 e. The van der Waals surface area contributed by atoms with Gasteiger partial charge in [0.1, 0.15) is 0 Å². The molecule has 5 heteroatoms. The maximum Gasteiger partial charge on any atom is 0.255 e.